The highest BCUT2D eigenvalue weighted by molar-refractivity contribution is 5.02. The molecule has 16 heavy (non-hydrogen) atoms. The summed E-state index contributed by atoms with van der Waals surface area (Å²) in [6, 6.07) is 6.68. The molecule has 0 radical (unpaired) electrons. The molecule has 0 aromatic carbocycles. The Bertz CT molecular complexity index is 284. The van der Waals surface area contributed by atoms with Crippen LogP contribution in [0.15, 0.2) is 24.4 Å². The van der Waals surface area contributed by atoms with Crippen molar-refractivity contribution in [1.29, 1.82) is 0 Å². The molecule has 0 bridgehead atoms. The Morgan fingerprint density at radius 3 is 2.50 bits per heavy atom. The monoisotopic (exact) mass is 221 g/mol. The Hall–Kier alpha value is -0.930. The van der Waals surface area contributed by atoms with E-state index >= 15 is 0 Å². The second-order valence-electron chi connectivity index (χ2n) is 4.63. The molecular weight excluding hydrogens is 198 g/mol. The molecule has 0 amide bonds. The molecule has 1 aromatic rings. The van der Waals surface area contributed by atoms with Gasteiger partial charge in [-0.15, -0.1) is 0 Å². The molecule has 90 valence electrons. The van der Waals surface area contributed by atoms with Gasteiger partial charge in [-0.2, -0.15) is 0 Å². The number of pyridine rings is 1. The molecule has 0 aliphatic rings. The molecule has 1 heterocycles. The van der Waals surface area contributed by atoms with Gasteiger partial charge in [-0.25, -0.2) is 0 Å². The Labute approximate surface area is 99.1 Å². The Morgan fingerprint density at radius 1 is 1.19 bits per heavy atom. The lowest BCUT2D eigenvalue weighted by Gasteiger charge is -2.24. The molecule has 3 heteroatoms. The van der Waals surface area contributed by atoms with E-state index in [9.17, 15) is 0 Å². The number of nitrogens with zero attached hydrogens (tertiary/aromatic N) is 3. The molecule has 1 aromatic heterocycles. The van der Waals surface area contributed by atoms with Crippen LogP contribution in [0.5, 0.6) is 0 Å². The summed E-state index contributed by atoms with van der Waals surface area (Å²) in [6.07, 6.45) is 1.85. The van der Waals surface area contributed by atoms with Crippen LogP contribution < -0.4 is 0 Å². The minimum atomic E-state index is 0.614. The highest BCUT2D eigenvalue weighted by atomic mass is 15.2. The fraction of sp³-hybridized carbons (Fsp3) is 0.615. The normalized spacial score (nSPS) is 11.7. The standard InChI is InChI=1S/C13H23N3/c1-12(2)16(4)10-9-15(3)11-13-7-5-6-8-14-13/h5-8,12H,9-11H2,1-4H3. The van der Waals surface area contributed by atoms with E-state index in [4.69, 9.17) is 0 Å². The maximum atomic E-state index is 4.33. The highest BCUT2D eigenvalue weighted by Crippen LogP contribution is 1.99. The number of aromatic nitrogens is 1. The van der Waals surface area contributed by atoms with Crippen molar-refractivity contribution in [3.63, 3.8) is 0 Å². The number of hydrogen-bond donors (Lipinski definition) is 0. The van der Waals surface area contributed by atoms with Crippen molar-refractivity contribution in [3.05, 3.63) is 30.1 Å². The summed E-state index contributed by atoms with van der Waals surface area (Å²) in [4.78, 5) is 8.99. The van der Waals surface area contributed by atoms with Gasteiger partial charge in [-0.3, -0.25) is 9.88 Å². The van der Waals surface area contributed by atoms with Crippen LogP contribution in [-0.4, -0.2) is 48.0 Å². The maximum absolute atomic E-state index is 4.33. The first-order chi connectivity index (χ1) is 7.59. The molecule has 0 saturated heterocycles. The molecule has 0 N–H and O–H groups in total. The van der Waals surface area contributed by atoms with Crippen LogP contribution in [0.1, 0.15) is 19.5 Å². The van der Waals surface area contributed by atoms with Crippen molar-refractivity contribution in [2.45, 2.75) is 26.4 Å². The van der Waals surface area contributed by atoms with Gasteiger partial charge in [0.15, 0.2) is 0 Å². The molecule has 0 aliphatic carbocycles. The summed E-state index contributed by atoms with van der Waals surface area (Å²) in [5.41, 5.74) is 1.14. The summed E-state index contributed by atoms with van der Waals surface area (Å²) < 4.78 is 0. The lowest BCUT2D eigenvalue weighted by molar-refractivity contribution is 0.220. The van der Waals surface area contributed by atoms with Gasteiger partial charge in [0.05, 0.1) is 5.69 Å². The van der Waals surface area contributed by atoms with Gasteiger partial charge < -0.3 is 4.90 Å². The van der Waals surface area contributed by atoms with E-state index < -0.39 is 0 Å². The molecule has 0 aliphatic heterocycles. The molecule has 1 rings (SSSR count). The minimum absolute atomic E-state index is 0.614. The number of likely N-dealkylation sites (N-methyl/N-ethyl adjacent to an activating group) is 2. The second-order valence-corrected chi connectivity index (χ2v) is 4.63. The van der Waals surface area contributed by atoms with Gasteiger partial charge >= 0.3 is 0 Å². The summed E-state index contributed by atoms with van der Waals surface area (Å²) in [5, 5.41) is 0. The number of rotatable bonds is 6. The molecule has 0 spiro atoms. The van der Waals surface area contributed by atoms with E-state index in [-0.39, 0.29) is 0 Å². The maximum Gasteiger partial charge on any atom is 0.0543 e. The van der Waals surface area contributed by atoms with Crippen molar-refractivity contribution in [3.8, 4) is 0 Å². The van der Waals surface area contributed by atoms with Crippen molar-refractivity contribution in [1.82, 2.24) is 14.8 Å². The van der Waals surface area contributed by atoms with Gasteiger partial charge in [0.25, 0.3) is 0 Å². The van der Waals surface area contributed by atoms with Crippen LogP contribution in [-0.2, 0) is 6.54 Å². The van der Waals surface area contributed by atoms with Gasteiger partial charge in [-0.1, -0.05) is 6.07 Å². The molecule has 0 fully saturated rings. The molecule has 0 atom stereocenters. The lowest BCUT2D eigenvalue weighted by Crippen LogP contribution is -2.34. The zero-order valence-electron chi connectivity index (χ0n) is 10.8. The second kappa shape index (κ2) is 6.61. The van der Waals surface area contributed by atoms with E-state index in [1.165, 1.54) is 0 Å². The quantitative estimate of drug-likeness (QED) is 0.731. The van der Waals surface area contributed by atoms with E-state index in [1.807, 2.05) is 18.3 Å². The van der Waals surface area contributed by atoms with Crippen LogP contribution >= 0.6 is 0 Å². The summed E-state index contributed by atoms with van der Waals surface area (Å²) in [7, 11) is 4.31. The smallest absolute Gasteiger partial charge is 0.0543 e. The summed E-state index contributed by atoms with van der Waals surface area (Å²) >= 11 is 0. The highest BCUT2D eigenvalue weighted by Gasteiger charge is 2.05. The topological polar surface area (TPSA) is 19.4 Å². The lowest BCUT2D eigenvalue weighted by atomic mass is 10.3. The first-order valence-electron chi connectivity index (χ1n) is 5.88. The zero-order chi connectivity index (χ0) is 12.0. The average Bonchev–Trinajstić information content (AvgIpc) is 2.27. The van der Waals surface area contributed by atoms with E-state index in [1.54, 1.807) is 0 Å². The van der Waals surface area contributed by atoms with Gasteiger partial charge in [0, 0.05) is 31.9 Å². The average molecular weight is 221 g/mol. The van der Waals surface area contributed by atoms with Gasteiger partial charge in [-0.05, 0) is 40.1 Å². The number of hydrogen-bond acceptors (Lipinski definition) is 3. The van der Waals surface area contributed by atoms with Crippen LogP contribution in [0.2, 0.25) is 0 Å². The van der Waals surface area contributed by atoms with E-state index in [0.29, 0.717) is 6.04 Å². The molecule has 0 unspecified atom stereocenters. The summed E-state index contributed by atoms with van der Waals surface area (Å²) in [5.74, 6) is 0. The summed E-state index contributed by atoms with van der Waals surface area (Å²) in [6.45, 7) is 7.54. The van der Waals surface area contributed by atoms with Crippen LogP contribution in [0.3, 0.4) is 0 Å². The van der Waals surface area contributed by atoms with Gasteiger partial charge in [0.1, 0.15) is 0 Å². The van der Waals surface area contributed by atoms with E-state index in [2.05, 4.69) is 48.8 Å². The Kier molecular flexibility index (Phi) is 5.43. The zero-order valence-corrected chi connectivity index (χ0v) is 10.8. The van der Waals surface area contributed by atoms with Crippen molar-refractivity contribution < 1.29 is 0 Å². The van der Waals surface area contributed by atoms with Crippen molar-refractivity contribution >= 4 is 0 Å². The third kappa shape index (κ3) is 4.73. The first kappa shape index (κ1) is 13.1. The predicted octanol–water partition coefficient (Wildman–Crippen LogP) is 1.85. The Balaban J connectivity index is 2.29. The van der Waals surface area contributed by atoms with Crippen LogP contribution in [0, 0.1) is 0 Å². The molecule has 3 nitrogen and oxygen atoms in total. The van der Waals surface area contributed by atoms with Crippen molar-refractivity contribution in [2.24, 2.45) is 0 Å². The fourth-order valence-electron chi connectivity index (χ4n) is 1.43. The van der Waals surface area contributed by atoms with Crippen LogP contribution in [0.4, 0.5) is 0 Å². The first-order valence-corrected chi connectivity index (χ1v) is 5.88. The van der Waals surface area contributed by atoms with Crippen LogP contribution in [0.25, 0.3) is 0 Å². The third-order valence-electron chi connectivity index (χ3n) is 2.87. The SMILES string of the molecule is CC(C)N(C)CCN(C)Cc1ccccn1. The largest absolute Gasteiger partial charge is 0.303 e. The Morgan fingerprint density at radius 2 is 1.94 bits per heavy atom. The fourth-order valence-corrected chi connectivity index (χ4v) is 1.43. The minimum Gasteiger partial charge on any atom is -0.303 e. The van der Waals surface area contributed by atoms with E-state index in [0.717, 1.165) is 25.3 Å². The predicted molar refractivity (Wildman–Crippen MR) is 68.3 cm³/mol. The van der Waals surface area contributed by atoms with Crippen molar-refractivity contribution in [2.75, 3.05) is 27.2 Å². The molecular formula is C13H23N3. The molecule has 0 saturated carbocycles. The van der Waals surface area contributed by atoms with Gasteiger partial charge in [0.2, 0.25) is 0 Å². The third-order valence-corrected chi connectivity index (χ3v) is 2.87.